The zero-order chi connectivity index (χ0) is 27.9. The van der Waals surface area contributed by atoms with Crippen molar-refractivity contribution >= 4 is 45.8 Å². The number of nitrogens with one attached hydrogen (secondary N) is 2. The average Bonchev–Trinajstić information content (AvgIpc) is 2.92. The number of carbonyl (C=O) groups is 2. The maximum absolute atomic E-state index is 13.8. The van der Waals surface area contributed by atoms with Crippen LogP contribution in [0.4, 0.5) is 11.4 Å². The maximum Gasteiger partial charge on any atom is 0.269 e. The van der Waals surface area contributed by atoms with Crippen LogP contribution < -0.4 is 10.6 Å². The van der Waals surface area contributed by atoms with Gasteiger partial charge in [-0.05, 0) is 76.4 Å². The van der Waals surface area contributed by atoms with Gasteiger partial charge in [0.05, 0.1) is 10.8 Å². The first kappa shape index (κ1) is 28.0. The van der Waals surface area contributed by atoms with Gasteiger partial charge in [0.15, 0.2) is 0 Å². The summed E-state index contributed by atoms with van der Waals surface area (Å²) >= 11 is 2.23. The maximum atomic E-state index is 13.8. The Balaban J connectivity index is 1.66. The van der Waals surface area contributed by atoms with Crippen LogP contribution in [-0.4, -0.2) is 22.8 Å². The summed E-state index contributed by atoms with van der Waals surface area (Å²) in [6.45, 7) is 3.85. The molecule has 0 aliphatic rings. The van der Waals surface area contributed by atoms with Crippen molar-refractivity contribution in [2.75, 3.05) is 5.32 Å². The summed E-state index contributed by atoms with van der Waals surface area (Å²) in [5, 5.41) is 17.1. The van der Waals surface area contributed by atoms with Crippen molar-refractivity contribution in [3.63, 3.8) is 0 Å². The van der Waals surface area contributed by atoms with Gasteiger partial charge in [-0.25, -0.2) is 0 Å². The Kier molecular flexibility index (Phi) is 9.08. The minimum atomic E-state index is -0.924. The molecule has 8 heteroatoms. The second kappa shape index (κ2) is 12.7. The van der Waals surface area contributed by atoms with E-state index in [0.717, 1.165) is 25.8 Å². The molecule has 0 saturated carbocycles. The molecule has 1 atom stereocenters. The van der Waals surface area contributed by atoms with E-state index in [1.807, 2.05) is 86.6 Å². The number of hydrogen-bond acceptors (Lipinski definition) is 4. The molecule has 4 aromatic carbocycles. The van der Waals surface area contributed by atoms with E-state index < -0.39 is 16.9 Å². The second-order valence-electron chi connectivity index (χ2n) is 9.35. The number of carbonyl (C=O) groups excluding carboxylic acids is 2. The summed E-state index contributed by atoms with van der Waals surface area (Å²) in [5.41, 5.74) is 4.79. The van der Waals surface area contributed by atoms with Crippen LogP contribution in [-0.2, 0) is 16.0 Å². The number of rotatable bonds is 9. The van der Waals surface area contributed by atoms with Crippen LogP contribution >= 0.6 is 22.6 Å². The van der Waals surface area contributed by atoms with Gasteiger partial charge >= 0.3 is 0 Å². The lowest BCUT2D eigenvalue weighted by Crippen LogP contribution is -2.47. The molecular formula is C31H28IN3O4. The molecule has 0 bridgehead atoms. The third kappa shape index (κ3) is 7.08. The van der Waals surface area contributed by atoms with Crippen LogP contribution in [0.25, 0.3) is 0 Å². The van der Waals surface area contributed by atoms with Crippen molar-refractivity contribution in [1.82, 2.24) is 5.32 Å². The Morgan fingerprint density at radius 3 is 1.82 bits per heavy atom. The Bertz CT molecular complexity index is 1410. The van der Waals surface area contributed by atoms with Crippen molar-refractivity contribution in [1.29, 1.82) is 0 Å². The van der Waals surface area contributed by atoms with Crippen LogP contribution in [0.2, 0.25) is 0 Å². The summed E-state index contributed by atoms with van der Waals surface area (Å²) in [6, 6.07) is 27.9. The fraction of sp³-hybridized carbons (Fsp3) is 0.161. The van der Waals surface area contributed by atoms with E-state index >= 15 is 0 Å². The molecule has 0 unspecified atom stereocenters. The fourth-order valence-electron chi connectivity index (χ4n) is 4.56. The summed E-state index contributed by atoms with van der Waals surface area (Å²) < 4.78 is 1.06. The van der Waals surface area contributed by atoms with Crippen LogP contribution in [0.5, 0.6) is 0 Å². The Labute approximate surface area is 240 Å². The van der Waals surface area contributed by atoms with Crippen LogP contribution in [0.15, 0.2) is 97.1 Å². The smallest absolute Gasteiger partial charge is 0.269 e. The van der Waals surface area contributed by atoms with Gasteiger partial charge in [-0.15, -0.1) is 0 Å². The summed E-state index contributed by atoms with van der Waals surface area (Å²) in [4.78, 5) is 38.2. The van der Waals surface area contributed by atoms with Gasteiger partial charge in [-0.1, -0.05) is 72.8 Å². The summed E-state index contributed by atoms with van der Waals surface area (Å²) in [5.74, 6) is -1.30. The van der Waals surface area contributed by atoms with Gasteiger partial charge in [0.25, 0.3) is 5.69 Å². The molecule has 39 heavy (non-hydrogen) atoms. The molecular weight excluding hydrogens is 605 g/mol. The lowest BCUT2D eigenvalue weighted by molar-refractivity contribution is -0.384. The number of nitro benzene ring substituents is 1. The van der Waals surface area contributed by atoms with Gasteiger partial charge in [0.1, 0.15) is 6.04 Å². The minimum Gasteiger partial charge on any atom is -0.343 e. The summed E-state index contributed by atoms with van der Waals surface area (Å²) in [7, 11) is 0. The van der Waals surface area contributed by atoms with Gasteiger partial charge in [0.2, 0.25) is 11.8 Å². The molecule has 0 spiro atoms. The van der Waals surface area contributed by atoms with E-state index in [1.165, 1.54) is 12.1 Å². The number of benzene rings is 4. The highest BCUT2D eigenvalue weighted by atomic mass is 127. The van der Waals surface area contributed by atoms with Crippen molar-refractivity contribution in [2.24, 2.45) is 0 Å². The predicted molar refractivity (Wildman–Crippen MR) is 161 cm³/mol. The Morgan fingerprint density at radius 2 is 1.33 bits per heavy atom. The minimum absolute atomic E-state index is 0.0397. The van der Waals surface area contributed by atoms with E-state index in [0.29, 0.717) is 11.3 Å². The van der Waals surface area contributed by atoms with Gasteiger partial charge in [-0.2, -0.15) is 0 Å². The third-order valence-corrected chi connectivity index (χ3v) is 7.12. The molecule has 2 amide bonds. The number of nitrogens with zero attached hydrogens (tertiary/aromatic N) is 1. The number of anilines is 1. The molecule has 0 aromatic heterocycles. The lowest BCUT2D eigenvalue weighted by Gasteiger charge is -2.24. The van der Waals surface area contributed by atoms with Crippen LogP contribution in [0.1, 0.15) is 33.7 Å². The standard InChI is InChI=1S/C31H28IN3O4/c1-20-17-25(32)18-21(2)29(20)34-30(36)27(19-22-13-15-26(16-14-22)35(38)39)33-31(37)28(23-9-5-3-6-10-23)24-11-7-4-8-12-24/h3-18,27-28H,19H2,1-2H3,(H,33,37)(H,34,36)/t27-/m1/s1. The molecule has 0 aliphatic heterocycles. The van der Waals surface area contributed by atoms with E-state index in [-0.39, 0.29) is 23.9 Å². The third-order valence-electron chi connectivity index (χ3n) is 6.49. The van der Waals surface area contributed by atoms with E-state index in [2.05, 4.69) is 33.2 Å². The zero-order valence-corrected chi connectivity index (χ0v) is 23.7. The molecule has 4 rings (SSSR count). The topological polar surface area (TPSA) is 101 Å². The van der Waals surface area contributed by atoms with Gasteiger partial charge < -0.3 is 10.6 Å². The molecule has 0 saturated heterocycles. The number of halogens is 1. The molecule has 0 radical (unpaired) electrons. The van der Waals surface area contributed by atoms with Crippen LogP contribution in [0, 0.1) is 27.5 Å². The first-order valence-corrected chi connectivity index (χ1v) is 13.5. The molecule has 4 aromatic rings. The molecule has 198 valence electrons. The van der Waals surface area contributed by atoms with Crippen molar-refractivity contribution in [3.8, 4) is 0 Å². The number of non-ortho nitro benzene ring substituents is 1. The highest BCUT2D eigenvalue weighted by Gasteiger charge is 2.29. The molecule has 0 fully saturated rings. The van der Waals surface area contributed by atoms with Crippen molar-refractivity contribution in [3.05, 3.63) is 139 Å². The van der Waals surface area contributed by atoms with Gasteiger partial charge in [-0.3, -0.25) is 19.7 Å². The Hall–Kier alpha value is -4.05. The quantitative estimate of drug-likeness (QED) is 0.128. The summed E-state index contributed by atoms with van der Waals surface area (Å²) in [6.07, 6.45) is 0.161. The first-order valence-electron chi connectivity index (χ1n) is 12.4. The lowest BCUT2D eigenvalue weighted by atomic mass is 9.90. The second-order valence-corrected chi connectivity index (χ2v) is 10.6. The van der Waals surface area contributed by atoms with E-state index in [9.17, 15) is 19.7 Å². The first-order chi connectivity index (χ1) is 18.7. The number of amides is 2. The average molecular weight is 633 g/mol. The number of hydrogen-bond donors (Lipinski definition) is 2. The number of nitro groups is 1. The SMILES string of the molecule is Cc1cc(I)cc(C)c1NC(=O)[C@@H](Cc1ccc([N+](=O)[O-])cc1)NC(=O)C(c1ccccc1)c1ccccc1. The molecule has 7 nitrogen and oxygen atoms in total. The highest BCUT2D eigenvalue weighted by molar-refractivity contribution is 14.1. The van der Waals surface area contributed by atoms with Crippen molar-refractivity contribution < 1.29 is 14.5 Å². The molecule has 0 aliphatic carbocycles. The van der Waals surface area contributed by atoms with Crippen molar-refractivity contribution in [2.45, 2.75) is 32.2 Å². The highest BCUT2D eigenvalue weighted by Crippen LogP contribution is 2.26. The normalized spacial score (nSPS) is 11.6. The fourth-order valence-corrected chi connectivity index (χ4v) is 5.49. The molecule has 0 heterocycles. The largest absolute Gasteiger partial charge is 0.343 e. The monoisotopic (exact) mass is 633 g/mol. The van der Waals surface area contributed by atoms with E-state index in [4.69, 9.17) is 0 Å². The van der Waals surface area contributed by atoms with E-state index in [1.54, 1.807) is 12.1 Å². The zero-order valence-electron chi connectivity index (χ0n) is 21.6. The number of aryl methyl sites for hydroxylation is 2. The van der Waals surface area contributed by atoms with Gasteiger partial charge in [0, 0.05) is 27.8 Å². The molecule has 2 N–H and O–H groups in total. The predicted octanol–water partition coefficient (Wildman–Crippen LogP) is 6.31. The Morgan fingerprint density at radius 1 is 0.821 bits per heavy atom. The van der Waals surface area contributed by atoms with Crippen LogP contribution in [0.3, 0.4) is 0 Å².